The van der Waals surface area contributed by atoms with E-state index in [1.165, 1.54) is 0 Å². The molecule has 3 N–H and O–H groups in total. The molecule has 1 aromatic rings. The lowest BCUT2D eigenvalue weighted by Gasteiger charge is -2.21. The first kappa shape index (κ1) is 14.0. The molecule has 0 bridgehead atoms. The summed E-state index contributed by atoms with van der Waals surface area (Å²) in [6.45, 7) is 0. The van der Waals surface area contributed by atoms with Crippen LogP contribution in [0.2, 0.25) is 0 Å². The Hall–Kier alpha value is -1.07. The smallest absolute Gasteiger partial charge is 0.382 e. The number of hydrogen-bond acceptors (Lipinski definition) is 2. The van der Waals surface area contributed by atoms with Gasteiger partial charge in [-0.2, -0.15) is 13.2 Å². The van der Waals surface area contributed by atoms with Crippen LogP contribution >= 0.6 is 0 Å². The largest absolute Gasteiger partial charge is 0.415 e. The van der Waals surface area contributed by atoms with Gasteiger partial charge in [0.15, 0.2) is 6.10 Å². The van der Waals surface area contributed by atoms with Gasteiger partial charge in [0.2, 0.25) is 0 Å². The first-order chi connectivity index (χ1) is 7.91. The van der Waals surface area contributed by atoms with Crippen LogP contribution in [0.4, 0.5) is 13.2 Å². The van der Waals surface area contributed by atoms with E-state index in [0.717, 1.165) is 5.56 Å². The summed E-state index contributed by atoms with van der Waals surface area (Å²) in [5.74, 6) is 0. The normalized spacial score (nSPS) is 15.6. The molecule has 0 aliphatic carbocycles. The Bertz CT molecular complexity index is 326. The fraction of sp³-hybridized carbons (Fsp3) is 0.500. The molecule has 96 valence electrons. The van der Waals surface area contributed by atoms with Gasteiger partial charge in [0.1, 0.15) is 0 Å². The molecule has 2 atom stereocenters. The van der Waals surface area contributed by atoms with Gasteiger partial charge >= 0.3 is 6.18 Å². The molecule has 0 saturated heterocycles. The summed E-state index contributed by atoms with van der Waals surface area (Å²) in [4.78, 5) is 0. The quantitative estimate of drug-likeness (QED) is 0.838. The van der Waals surface area contributed by atoms with Crippen molar-refractivity contribution < 1.29 is 18.3 Å². The fourth-order valence-electron chi connectivity index (χ4n) is 1.59. The van der Waals surface area contributed by atoms with Gasteiger partial charge < -0.3 is 10.8 Å². The molecule has 0 aliphatic rings. The maximum atomic E-state index is 12.1. The van der Waals surface area contributed by atoms with Gasteiger partial charge in [0, 0.05) is 6.04 Å². The van der Waals surface area contributed by atoms with Crippen LogP contribution in [0.1, 0.15) is 18.4 Å². The molecule has 0 radical (unpaired) electrons. The zero-order valence-corrected chi connectivity index (χ0v) is 9.32. The minimum absolute atomic E-state index is 0.148. The summed E-state index contributed by atoms with van der Waals surface area (Å²) in [5, 5.41) is 8.90. The molecule has 0 amide bonds. The Morgan fingerprint density at radius 3 is 2.29 bits per heavy atom. The summed E-state index contributed by atoms with van der Waals surface area (Å²) >= 11 is 0. The minimum atomic E-state index is -4.63. The summed E-state index contributed by atoms with van der Waals surface area (Å²) in [7, 11) is 0. The second-order valence-corrected chi connectivity index (χ2v) is 4.03. The van der Waals surface area contributed by atoms with Gasteiger partial charge in [0.25, 0.3) is 0 Å². The first-order valence-corrected chi connectivity index (χ1v) is 5.45. The molecular weight excluding hydrogens is 231 g/mol. The molecule has 5 heteroatoms. The average Bonchev–Trinajstić information content (AvgIpc) is 2.28. The van der Waals surface area contributed by atoms with Crippen molar-refractivity contribution in [1.29, 1.82) is 0 Å². The molecule has 17 heavy (non-hydrogen) atoms. The Morgan fingerprint density at radius 1 is 1.18 bits per heavy atom. The van der Waals surface area contributed by atoms with E-state index >= 15 is 0 Å². The number of halogens is 3. The van der Waals surface area contributed by atoms with Crippen molar-refractivity contribution in [3.05, 3.63) is 35.9 Å². The van der Waals surface area contributed by atoms with Gasteiger partial charge in [-0.3, -0.25) is 0 Å². The maximum Gasteiger partial charge on any atom is 0.415 e. The van der Waals surface area contributed by atoms with E-state index in [1.807, 2.05) is 30.3 Å². The number of benzene rings is 1. The van der Waals surface area contributed by atoms with Crippen LogP contribution in [-0.4, -0.2) is 23.4 Å². The number of aliphatic hydroxyl groups is 1. The molecular formula is C12H16F3NO. The standard InChI is InChI=1S/C12H16F3NO/c13-12(14,15)11(17)10(16)8-4-7-9-5-2-1-3-6-9/h1-3,5-6,10-11,17H,4,7-8,16H2. The molecule has 2 unspecified atom stereocenters. The van der Waals surface area contributed by atoms with Crippen molar-refractivity contribution in [3.8, 4) is 0 Å². The van der Waals surface area contributed by atoms with E-state index in [1.54, 1.807) is 0 Å². The highest BCUT2D eigenvalue weighted by Gasteiger charge is 2.41. The highest BCUT2D eigenvalue weighted by Crippen LogP contribution is 2.23. The predicted octanol–water partition coefficient (Wildman–Crippen LogP) is 2.26. The average molecular weight is 247 g/mol. The molecule has 0 heterocycles. The summed E-state index contributed by atoms with van der Waals surface area (Å²) in [6, 6.07) is 8.19. The Balaban J connectivity index is 2.32. The second-order valence-electron chi connectivity index (χ2n) is 4.03. The van der Waals surface area contributed by atoms with Gasteiger partial charge in [-0.25, -0.2) is 0 Å². The minimum Gasteiger partial charge on any atom is -0.382 e. The van der Waals surface area contributed by atoms with Gasteiger partial charge in [-0.1, -0.05) is 30.3 Å². The zero-order chi connectivity index (χ0) is 12.9. The Morgan fingerprint density at radius 2 is 1.76 bits per heavy atom. The van der Waals surface area contributed by atoms with Gasteiger partial charge in [-0.05, 0) is 24.8 Å². The van der Waals surface area contributed by atoms with E-state index < -0.39 is 18.3 Å². The third-order valence-corrected chi connectivity index (χ3v) is 2.59. The van der Waals surface area contributed by atoms with Crippen molar-refractivity contribution in [1.82, 2.24) is 0 Å². The molecule has 0 spiro atoms. The Labute approximate surface area is 98.3 Å². The predicted molar refractivity (Wildman–Crippen MR) is 59.4 cm³/mol. The van der Waals surface area contributed by atoms with Gasteiger partial charge in [-0.15, -0.1) is 0 Å². The highest BCUT2D eigenvalue weighted by atomic mass is 19.4. The van der Waals surface area contributed by atoms with Crippen molar-refractivity contribution >= 4 is 0 Å². The molecule has 1 rings (SSSR count). The molecule has 0 aliphatic heterocycles. The van der Waals surface area contributed by atoms with Crippen LogP contribution < -0.4 is 5.73 Å². The molecule has 1 aromatic carbocycles. The van der Waals surface area contributed by atoms with E-state index in [4.69, 9.17) is 10.8 Å². The SMILES string of the molecule is NC(CCCc1ccccc1)C(O)C(F)(F)F. The zero-order valence-electron chi connectivity index (χ0n) is 9.32. The summed E-state index contributed by atoms with van der Waals surface area (Å²) in [5.41, 5.74) is 6.35. The lowest BCUT2D eigenvalue weighted by molar-refractivity contribution is -0.209. The van der Waals surface area contributed by atoms with Crippen LogP contribution in [0.15, 0.2) is 30.3 Å². The first-order valence-electron chi connectivity index (χ1n) is 5.45. The lowest BCUT2D eigenvalue weighted by Crippen LogP contribution is -2.44. The van der Waals surface area contributed by atoms with Crippen molar-refractivity contribution in [3.63, 3.8) is 0 Å². The number of hydrogen-bond donors (Lipinski definition) is 2. The van der Waals surface area contributed by atoms with E-state index in [-0.39, 0.29) is 6.42 Å². The fourth-order valence-corrected chi connectivity index (χ4v) is 1.59. The number of aliphatic hydroxyl groups excluding tert-OH is 1. The summed E-state index contributed by atoms with van der Waals surface area (Å²) < 4.78 is 36.4. The van der Waals surface area contributed by atoms with Gasteiger partial charge in [0.05, 0.1) is 0 Å². The van der Waals surface area contributed by atoms with Crippen LogP contribution in [0.3, 0.4) is 0 Å². The Kier molecular flexibility index (Phi) is 4.96. The van der Waals surface area contributed by atoms with Crippen LogP contribution in [-0.2, 0) is 6.42 Å². The number of aryl methyl sites for hydroxylation is 1. The van der Waals surface area contributed by atoms with E-state index in [0.29, 0.717) is 12.8 Å². The van der Waals surface area contributed by atoms with Crippen molar-refractivity contribution in [2.75, 3.05) is 0 Å². The third kappa shape index (κ3) is 4.75. The highest BCUT2D eigenvalue weighted by molar-refractivity contribution is 5.14. The van der Waals surface area contributed by atoms with Crippen molar-refractivity contribution in [2.24, 2.45) is 5.73 Å². The van der Waals surface area contributed by atoms with Crippen LogP contribution in [0, 0.1) is 0 Å². The number of nitrogens with two attached hydrogens (primary N) is 1. The number of rotatable bonds is 5. The molecule has 0 saturated carbocycles. The van der Waals surface area contributed by atoms with Crippen LogP contribution in [0.25, 0.3) is 0 Å². The van der Waals surface area contributed by atoms with E-state index in [9.17, 15) is 13.2 Å². The van der Waals surface area contributed by atoms with E-state index in [2.05, 4.69) is 0 Å². The number of alkyl halides is 3. The molecule has 0 fully saturated rings. The lowest BCUT2D eigenvalue weighted by atomic mass is 10.0. The summed E-state index contributed by atoms with van der Waals surface area (Å²) in [6.07, 6.45) is -5.72. The third-order valence-electron chi connectivity index (χ3n) is 2.59. The molecule has 2 nitrogen and oxygen atoms in total. The maximum absolute atomic E-state index is 12.1. The van der Waals surface area contributed by atoms with Crippen LogP contribution in [0.5, 0.6) is 0 Å². The van der Waals surface area contributed by atoms with Crippen molar-refractivity contribution in [2.45, 2.75) is 37.6 Å². The topological polar surface area (TPSA) is 46.2 Å². The molecule has 0 aromatic heterocycles. The second kappa shape index (κ2) is 6.02. The monoisotopic (exact) mass is 247 g/mol.